The van der Waals surface area contributed by atoms with Crippen LogP contribution in [0.15, 0.2) is 140 Å². The molecule has 0 radical (unpaired) electrons. The summed E-state index contributed by atoms with van der Waals surface area (Å²) in [7, 11) is 0.954. The summed E-state index contributed by atoms with van der Waals surface area (Å²) in [5, 5.41) is 2.56. The maximum Gasteiger partial charge on any atom is 0.118 e. The Balaban J connectivity index is 1.73. The summed E-state index contributed by atoms with van der Waals surface area (Å²) in [5.41, 5.74) is 3.81. The molecule has 0 amide bonds. The molecule has 1 aliphatic rings. The molecule has 0 fully saturated rings. The van der Waals surface area contributed by atoms with Gasteiger partial charge in [-0.25, -0.2) is 0 Å². The van der Waals surface area contributed by atoms with E-state index in [4.69, 9.17) is 4.74 Å². The SMILES string of the molecule is COc1ccc(C=CC2(P(c3ccccc3)c3ccccc3)CC=CC=C2c2ccccc2)cc1. The summed E-state index contributed by atoms with van der Waals surface area (Å²) in [6.45, 7) is 0. The van der Waals surface area contributed by atoms with Gasteiger partial charge in [0.05, 0.1) is 7.11 Å². The van der Waals surface area contributed by atoms with E-state index in [0.29, 0.717) is 0 Å². The molecule has 1 atom stereocenters. The first kappa shape index (κ1) is 23.1. The summed E-state index contributed by atoms with van der Waals surface area (Å²) >= 11 is 0. The third-order valence-electron chi connectivity index (χ3n) is 6.47. The van der Waals surface area contributed by atoms with Crippen LogP contribution in [0.25, 0.3) is 11.6 Å². The van der Waals surface area contributed by atoms with Crippen molar-refractivity contribution >= 4 is 30.2 Å². The fraction of sp³-hybridized carbons (Fsp3) is 0.0909. The fourth-order valence-corrected chi connectivity index (χ4v) is 7.90. The molecular weight excluding hydrogens is 443 g/mol. The monoisotopic (exact) mass is 472 g/mol. The van der Waals surface area contributed by atoms with Crippen LogP contribution in [0.3, 0.4) is 0 Å². The van der Waals surface area contributed by atoms with Crippen LogP contribution in [0.1, 0.15) is 17.5 Å². The highest BCUT2D eigenvalue weighted by molar-refractivity contribution is 7.75. The van der Waals surface area contributed by atoms with Crippen molar-refractivity contribution < 1.29 is 4.74 Å². The number of hydrogen-bond acceptors (Lipinski definition) is 1. The number of ether oxygens (including phenoxy) is 1. The molecule has 0 saturated carbocycles. The van der Waals surface area contributed by atoms with Gasteiger partial charge in [-0.05, 0) is 53.8 Å². The average Bonchev–Trinajstić information content (AvgIpc) is 2.94. The van der Waals surface area contributed by atoms with E-state index >= 15 is 0 Å². The van der Waals surface area contributed by atoms with E-state index in [0.717, 1.165) is 12.2 Å². The molecule has 172 valence electrons. The van der Waals surface area contributed by atoms with E-state index in [1.165, 1.54) is 27.3 Å². The van der Waals surface area contributed by atoms with Gasteiger partial charge in [-0.15, -0.1) is 0 Å². The Hall–Kier alpha value is -3.67. The number of rotatable bonds is 7. The van der Waals surface area contributed by atoms with Gasteiger partial charge in [0, 0.05) is 5.16 Å². The van der Waals surface area contributed by atoms with E-state index in [1.807, 2.05) is 12.1 Å². The first-order valence-corrected chi connectivity index (χ1v) is 13.3. The van der Waals surface area contributed by atoms with Crippen LogP contribution >= 0.6 is 7.92 Å². The Kier molecular flexibility index (Phi) is 7.07. The third-order valence-corrected chi connectivity index (χ3v) is 9.47. The molecule has 0 heterocycles. The Morgan fingerprint density at radius 2 is 1.29 bits per heavy atom. The number of benzene rings is 4. The van der Waals surface area contributed by atoms with Gasteiger partial charge in [0.25, 0.3) is 0 Å². The lowest BCUT2D eigenvalue weighted by molar-refractivity contribution is 0.415. The second kappa shape index (κ2) is 10.7. The van der Waals surface area contributed by atoms with Crippen LogP contribution in [0.4, 0.5) is 0 Å². The Morgan fingerprint density at radius 3 is 1.86 bits per heavy atom. The lowest BCUT2D eigenvalue weighted by Gasteiger charge is -2.43. The molecule has 4 aromatic carbocycles. The maximum absolute atomic E-state index is 5.37. The molecule has 1 unspecified atom stereocenters. The van der Waals surface area contributed by atoms with Crippen LogP contribution in [-0.4, -0.2) is 12.3 Å². The average molecular weight is 473 g/mol. The predicted molar refractivity (Wildman–Crippen MR) is 152 cm³/mol. The largest absolute Gasteiger partial charge is 0.497 e. The van der Waals surface area contributed by atoms with E-state index < -0.39 is 7.92 Å². The van der Waals surface area contributed by atoms with Crippen LogP contribution in [0.5, 0.6) is 5.75 Å². The van der Waals surface area contributed by atoms with Crippen molar-refractivity contribution in [2.75, 3.05) is 7.11 Å². The molecule has 35 heavy (non-hydrogen) atoms. The van der Waals surface area contributed by atoms with Crippen molar-refractivity contribution in [3.8, 4) is 5.75 Å². The molecule has 4 aromatic rings. The Bertz CT molecular complexity index is 1280. The molecule has 1 aliphatic carbocycles. The van der Waals surface area contributed by atoms with E-state index in [-0.39, 0.29) is 5.16 Å². The minimum absolute atomic E-state index is 0.200. The van der Waals surface area contributed by atoms with Crippen molar-refractivity contribution in [2.24, 2.45) is 0 Å². The number of methoxy groups -OCH3 is 1. The van der Waals surface area contributed by atoms with Crippen LogP contribution < -0.4 is 15.3 Å². The molecular formula is C33H29OP. The molecule has 0 aliphatic heterocycles. The van der Waals surface area contributed by atoms with Crippen molar-refractivity contribution in [2.45, 2.75) is 11.6 Å². The minimum Gasteiger partial charge on any atom is -0.497 e. The van der Waals surface area contributed by atoms with Crippen LogP contribution in [0, 0.1) is 0 Å². The number of hydrogen-bond donors (Lipinski definition) is 0. The van der Waals surface area contributed by atoms with Gasteiger partial charge in [-0.2, -0.15) is 0 Å². The Labute approximate surface area is 209 Å². The highest BCUT2D eigenvalue weighted by Crippen LogP contribution is 2.59. The maximum atomic E-state index is 5.37. The van der Waals surface area contributed by atoms with Gasteiger partial charge in [0.15, 0.2) is 0 Å². The normalized spacial score (nSPS) is 17.5. The highest BCUT2D eigenvalue weighted by atomic mass is 31.1. The van der Waals surface area contributed by atoms with Crippen molar-refractivity contribution in [1.82, 2.24) is 0 Å². The minimum atomic E-state index is -0.753. The van der Waals surface area contributed by atoms with Crippen LogP contribution in [-0.2, 0) is 0 Å². The molecule has 5 rings (SSSR count). The van der Waals surface area contributed by atoms with Crippen molar-refractivity contribution in [3.05, 3.63) is 151 Å². The zero-order valence-electron chi connectivity index (χ0n) is 19.9. The summed E-state index contributed by atoms with van der Waals surface area (Å²) in [6, 6.07) is 41.2. The highest BCUT2D eigenvalue weighted by Gasteiger charge is 2.42. The van der Waals surface area contributed by atoms with Crippen molar-refractivity contribution in [1.29, 1.82) is 0 Å². The first-order chi connectivity index (χ1) is 17.3. The topological polar surface area (TPSA) is 9.23 Å². The molecule has 0 spiro atoms. The van der Waals surface area contributed by atoms with E-state index in [1.54, 1.807) is 7.11 Å². The second-order valence-electron chi connectivity index (χ2n) is 8.62. The molecule has 0 N–H and O–H groups in total. The smallest absolute Gasteiger partial charge is 0.118 e. The lowest BCUT2D eigenvalue weighted by atomic mass is 9.85. The summed E-state index contributed by atoms with van der Waals surface area (Å²) in [4.78, 5) is 0. The fourth-order valence-electron chi connectivity index (χ4n) is 4.79. The second-order valence-corrected chi connectivity index (χ2v) is 11.1. The summed E-state index contributed by atoms with van der Waals surface area (Å²) < 4.78 is 5.37. The molecule has 0 aromatic heterocycles. The quantitative estimate of drug-likeness (QED) is 0.251. The standard InChI is InChI=1S/C33H29OP/c1-34-29-22-20-27(21-23-29)24-26-33(25-12-11-19-32(33)28-13-5-2-6-14-28)35(30-15-7-3-8-16-30)31-17-9-4-10-18-31/h2-24,26H,25H2,1H3. The molecule has 0 saturated heterocycles. The number of allylic oxidation sites excluding steroid dienone is 5. The van der Waals surface area contributed by atoms with Crippen LogP contribution in [0.2, 0.25) is 0 Å². The molecule has 1 nitrogen and oxygen atoms in total. The summed E-state index contributed by atoms with van der Waals surface area (Å²) in [6.07, 6.45) is 12.5. The van der Waals surface area contributed by atoms with Gasteiger partial charge < -0.3 is 4.74 Å². The lowest BCUT2D eigenvalue weighted by Crippen LogP contribution is -2.35. The van der Waals surface area contributed by atoms with E-state index in [9.17, 15) is 0 Å². The third kappa shape index (κ3) is 4.92. The van der Waals surface area contributed by atoms with Gasteiger partial charge in [0.2, 0.25) is 0 Å². The zero-order valence-corrected chi connectivity index (χ0v) is 20.8. The van der Waals surface area contributed by atoms with E-state index in [2.05, 4.69) is 134 Å². The van der Waals surface area contributed by atoms with Gasteiger partial charge >= 0.3 is 0 Å². The molecule has 2 heteroatoms. The predicted octanol–water partition coefficient (Wildman–Crippen LogP) is 7.62. The summed E-state index contributed by atoms with van der Waals surface area (Å²) in [5.74, 6) is 0.873. The zero-order chi connectivity index (χ0) is 23.9. The first-order valence-electron chi connectivity index (χ1n) is 12.0. The van der Waals surface area contributed by atoms with Gasteiger partial charge in [0.1, 0.15) is 5.75 Å². The molecule has 0 bridgehead atoms. The van der Waals surface area contributed by atoms with Gasteiger partial charge in [-0.1, -0.05) is 134 Å². The Morgan fingerprint density at radius 1 is 0.714 bits per heavy atom. The van der Waals surface area contributed by atoms with Gasteiger partial charge in [-0.3, -0.25) is 0 Å². The van der Waals surface area contributed by atoms with Crippen molar-refractivity contribution in [3.63, 3.8) is 0 Å².